The van der Waals surface area contributed by atoms with E-state index in [2.05, 4.69) is 15.6 Å². The third kappa shape index (κ3) is 4.77. The molecule has 1 amide bonds. The molecule has 2 N–H and O–H groups in total. The van der Waals surface area contributed by atoms with Crippen LogP contribution in [0.1, 0.15) is 21.6 Å². The predicted molar refractivity (Wildman–Crippen MR) is 109 cm³/mol. The van der Waals surface area contributed by atoms with Crippen LogP contribution in [0.2, 0.25) is 5.02 Å². The van der Waals surface area contributed by atoms with Crippen LogP contribution in [0.25, 0.3) is 0 Å². The Bertz CT molecular complexity index is 942. The number of para-hydroxylation sites is 1. The molecule has 6 heteroatoms. The molecule has 3 rings (SSSR count). The van der Waals surface area contributed by atoms with Crippen molar-refractivity contribution in [3.8, 4) is 5.75 Å². The van der Waals surface area contributed by atoms with E-state index in [1.165, 1.54) is 0 Å². The van der Waals surface area contributed by atoms with Gasteiger partial charge in [0.1, 0.15) is 11.4 Å². The number of rotatable bonds is 6. The molecule has 0 fully saturated rings. The van der Waals surface area contributed by atoms with E-state index in [0.29, 0.717) is 22.9 Å². The van der Waals surface area contributed by atoms with Crippen LogP contribution in [-0.2, 0) is 6.54 Å². The van der Waals surface area contributed by atoms with E-state index >= 15 is 0 Å². The zero-order chi connectivity index (χ0) is 19.2. The van der Waals surface area contributed by atoms with Gasteiger partial charge in [0.2, 0.25) is 0 Å². The molecule has 27 heavy (non-hydrogen) atoms. The minimum Gasteiger partial charge on any atom is -0.496 e. The van der Waals surface area contributed by atoms with Gasteiger partial charge in [0, 0.05) is 22.8 Å². The van der Waals surface area contributed by atoms with Crippen molar-refractivity contribution in [2.75, 3.05) is 17.7 Å². The number of nitrogens with one attached hydrogen (secondary N) is 2. The van der Waals surface area contributed by atoms with Gasteiger partial charge in [-0.15, -0.1) is 0 Å². The molecule has 0 atom stereocenters. The predicted octanol–water partition coefficient (Wildman–Crippen LogP) is 4.92. The van der Waals surface area contributed by atoms with Gasteiger partial charge in [-0.05, 0) is 48.9 Å². The summed E-state index contributed by atoms with van der Waals surface area (Å²) < 4.78 is 5.34. The fourth-order valence-electron chi connectivity index (χ4n) is 2.63. The summed E-state index contributed by atoms with van der Waals surface area (Å²) in [6.07, 6.45) is 1.64. The summed E-state index contributed by atoms with van der Waals surface area (Å²) in [4.78, 5) is 16.6. The number of ether oxygens (including phenoxy) is 1. The van der Waals surface area contributed by atoms with Crippen molar-refractivity contribution < 1.29 is 9.53 Å². The van der Waals surface area contributed by atoms with Crippen LogP contribution in [0.5, 0.6) is 5.75 Å². The number of benzene rings is 2. The average Bonchev–Trinajstić information content (AvgIpc) is 2.69. The highest BCUT2D eigenvalue weighted by Gasteiger charge is 2.10. The van der Waals surface area contributed by atoms with Crippen molar-refractivity contribution in [2.24, 2.45) is 0 Å². The lowest BCUT2D eigenvalue weighted by molar-refractivity contribution is 0.102. The maximum atomic E-state index is 12.4. The van der Waals surface area contributed by atoms with Gasteiger partial charge in [0.25, 0.3) is 5.91 Å². The van der Waals surface area contributed by atoms with Crippen molar-refractivity contribution in [3.63, 3.8) is 0 Å². The molecule has 0 aliphatic carbocycles. The lowest BCUT2D eigenvalue weighted by atomic mass is 10.2. The third-order valence-corrected chi connectivity index (χ3v) is 4.34. The van der Waals surface area contributed by atoms with Gasteiger partial charge < -0.3 is 15.4 Å². The van der Waals surface area contributed by atoms with Gasteiger partial charge in [0.05, 0.1) is 19.0 Å². The van der Waals surface area contributed by atoms with Crippen LogP contribution in [-0.4, -0.2) is 18.0 Å². The first-order chi connectivity index (χ1) is 13.1. The first-order valence-electron chi connectivity index (χ1n) is 8.46. The molecule has 0 aliphatic heterocycles. The minimum absolute atomic E-state index is 0.267. The Morgan fingerprint density at radius 1 is 1.15 bits per heavy atom. The second-order valence-electron chi connectivity index (χ2n) is 6.01. The van der Waals surface area contributed by atoms with E-state index in [1.54, 1.807) is 37.6 Å². The number of pyridine rings is 1. The number of carbonyl (C=O) groups is 1. The highest BCUT2D eigenvalue weighted by atomic mass is 35.5. The second kappa shape index (κ2) is 8.56. The second-order valence-corrected chi connectivity index (χ2v) is 6.45. The Balaban J connectivity index is 1.63. The molecule has 1 aromatic heterocycles. The minimum atomic E-state index is -0.267. The maximum Gasteiger partial charge on any atom is 0.274 e. The van der Waals surface area contributed by atoms with Crippen molar-refractivity contribution in [1.29, 1.82) is 0 Å². The van der Waals surface area contributed by atoms with Crippen molar-refractivity contribution in [3.05, 3.63) is 82.6 Å². The summed E-state index contributed by atoms with van der Waals surface area (Å²) in [7, 11) is 1.65. The summed E-state index contributed by atoms with van der Waals surface area (Å²) in [5, 5.41) is 6.76. The molecule has 0 aliphatic rings. The standard InChI is InChI=1S/C21H20ClN3O2/c1-14-11-16(22)7-9-18(14)25-21(26)19-10-8-17(13-24-19)23-12-15-5-3-4-6-20(15)27-2/h3-11,13,23H,12H2,1-2H3,(H,25,26). The quantitative estimate of drug-likeness (QED) is 0.636. The van der Waals surface area contributed by atoms with E-state index in [4.69, 9.17) is 16.3 Å². The van der Waals surface area contributed by atoms with Crippen molar-refractivity contribution in [1.82, 2.24) is 4.98 Å². The van der Waals surface area contributed by atoms with Gasteiger partial charge >= 0.3 is 0 Å². The van der Waals surface area contributed by atoms with Crippen LogP contribution < -0.4 is 15.4 Å². The Morgan fingerprint density at radius 2 is 1.96 bits per heavy atom. The van der Waals surface area contributed by atoms with Gasteiger partial charge in [-0.25, -0.2) is 4.98 Å². The number of aromatic nitrogens is 1. The molecule has 0 saturated heterocycles. The van der Waals surface area contributed by atoms with Crippen LogP contribution in [0, 0.1) is 6.92 Å². The molecule has 0 saturated carbocycles. The number of anilines is 2. The largest absolute Gasteiger partial charge is 0.496 e. The van der Waals surface area contributed by atoms with Gasteiger partial charge in [0.15, 0.2) is 0 Å². The lowest BCUT2D eigenvalue weighted by Gasteiger charge is -2.11. The first-order valence-corrected chi connectivity index (χ1v) is 8.84. The summed E-state index contributed by atoms with van der Waals surface area (Å²) >= 11 is 5.94. The van der Waals surface area contributed by atoms with Crippen molar-refractivity contribution >= 4 is 28.9 Å². The molecule has 0 unspecified atom stereocenters. The van der Waals surface area contributed by atoms with Gasteiger partial charge in [-0.1, -0.05) is 29.8 Å². The number of hydrogen-bond acceptors (Lipinski definition) is 4. The van der Waals surface area contributed by atoms with Gasteiger partial charge in [-0.3, -0.25) is 4.79 Å². The normalized spacial score (nSPS) is 10.3. The third-order valence-electron chi connectivity index (χ3n) is 4.11. The number of halogens is 1. The van der Waals surface area contributed by atoms with E-state index in [9.17, 15) is 4.79 Å². The Morgan fingerprint density at radius 3 is 2.67 bits per heavy atom. The molecular formula is C21H20ClN3O2. The maximum absolute atomic E-state index is 12.4. The van der Waals surface area contributed by atoms with Crippen molar-refractivity contribution in [2.45, 2.75) is 13.5 Å². The number of nitrogens with zero attached hydrogens (tertiary/aromatic N) is 1. The molecule has 5 nitrogen and oxygen atoms in total. The van der Waals surface area contributed by atoms with E-state index in [1.807, 2.05) is 37.3 Å². The molecule has 1 heterocycles. The topological polar surface area (TPSA) is 63.2 Å². The lowest BCUT2D eigenvalue weighted by Crippen LogP contribution is -2.14. The monoisotopic (exact) mass is 381 g/mol. The average molecular weight is 382 g/mol. The van der Waals surface area contributed by atoms with Crippen LogP contribution in [0.3, 0.4) is 0 Å². The molecule has 0 radical (unpaired) electrons. The number of amides is 1. The Hall–Kier alpha value is -3.05. The number of hydrogen-bond donors (Lipinski definition) is 2. The highest BCUT2D eigenvalue weighted by molar-refractivity contribution is 6.30. The first kappa shape index (κ1) is 18.7. The van der Waals surface area contributed by atoms with Crippen LogP contribution >= 0.6 is 11.6 Å². The zero-order valence-electron chi connectivity index (χ0n) is 15.1. The van der Waals surface area contributed by atoms with E-state index in [-0.39, 0.29) is 5.91 Å². The van der Waals surface area contributed by atoms with Crippen LogP contribution in [0.4, 0.5) is 11.4 Å². The zero-order valence-corrected chi connectivity index (χ0v) is 15.9. The van der Waals surface area contributed by atoms with Gasteiger partial charge in [-0.2, -0.15) is 0 Å². The molecular weight excluding hydrogens is 362 g/mol. The highest BCUT2D eigenvalue weighted by Crippen LogP contribution is 2.21. The SMILES string of the molecule is COc1ccccc1CNc1ccc(C(=O)Nc2ccc(Cl)cc2C)nc1. The number of carbonyl (C=O) groups excluding carboxylic acids is 1. The molecule has 3 aromatic rings. The number of aryl methyl sites for hydroxylation is 1. The summed E-state index contributed by atoms with van der Waals surface area (Å²) in [6, 6.07) is 16.6. The number of methoxy groups -OCH3 is 1. The van der Waals surface area contributed by atoms with E-state index < -0.39 is 0 Å². The molecule has 2 aromatic carbocycles. The van der Waals surface area contributed by atoms with E-state index in [0.717, 1.165) is 22.6 Å². The molecule has 0 bridgehead atoms. The fourth-order valence-corrected chi connectivity index (χ4v) is 2.86. The fraction of sp³-hybridized carbons (Fsp3) is 0.143. The van der Waals surface area contributed by atoms with Crippen LogP contribution in [0.15, 0.2) is 60.8 Å². The Kier molecular flexibility index (Phi) is 5.94. The summed E-state index contributed by atoms with van der Waals surface area (Å²) in [5.74, 6) is 0.559. The Labute approximate surface area is 163 Å². The summed E-state index contributed by atoms with van der Waals surface area (Å²) in [6.45, 7) is 2.49. The summed E-state index contributed by atoms with van der Waals surface area (Å²) in [5.41, 5.74) is 3.81. The molecule has 138 valence electrons. The molecule has 0 spiro atoms. The smallest absolute Gasteiger partial charge is 0.274 e.